The molecule has 0 radical (unpaired) electrons. The summed E-state index contributed by atoms with van der Waals surface area (Å²) in [7, 11) is 0. The number of anilines is 1. The highest BCUT2D eigenvalue weighted by Crippen LogP contribution is 2.22. The van der Waals surface area contributed by atoms with Gasteiger partial charge in [0.05, 0.1) is 5.02 Å². The van der Waals surface area contributed by atoms with Crippen molar-refractivity contribution < 1.29 is 14.3 Å². The summed E-state index contributed by atoms with van der Waals surface area (Å²) in [5.74, 6) is 0.289. The second-order valence-electron chi connectivity index (χ2n) is 5.10. The number of carbonyl (C=O) groups excluding carboxylic acids is 2. The predicted octanol–water partition coefficient (Wildman–Crippen LogP) is 4.05. The smallest absolute Gasteiger partial charge is 0.413 e. The van der Waals surface area contributed by atoms with Crippen molar-refractivity contribution in [1.29, 1.82) is 0 Å². The van der Waals surface area contributed by atoms with Crippen LogP contribution < -0.4 is 5.32 Å². The van der Waals surface area contributed by atoms with Gasteiger partial charge < -0.3 is 4.74 Å². The van der Waals surface area contributed by atoms with E-state index in [0.717, 1.165) is 10.2 Å². The summed E-state index contributed by atoms with van der Waals surface area (Å²) in [4.78, 5) is 27.7. The number of nitrogens with one attached hydrogen (secondary N) is 1. The summed E-state index contributed by atoms with van der Waals surface area (Å²) in [5, 5.41) is 6.05. The lowest BCUT2D eigenvalue weighted by atomic mass is 10.2. The molecular formula is C17H12Cl2N4O3. The number of benzene rings is 1. The highest BCUT2D eigenvalue weighted by atomic mass is 35.5. The molecule has 0 atom stereocenters. The van der Waals surface area contributed by atoms with Gasteiger partial charge in [-0.3, -0.25) is 10.1 Å². The topological polar surface area (TPSA) is 86.1 Å². The van der Waals surface area contributed by atoms with E-state index in [0.29, 0.717) is 0 Å². The van der Waals surface area contributed by atoms with Crippen molar-refractivity contribution >= 4 is 40.4 Å². The Hall–Kier alpha value is -2.90. The molecule has 9 heteroatoms. The molecule has 26 heavy (non-hydrogen) atoms. The molecule has 3 rings (SSSR count). The van der Waals surface area contributed by atoms with E-state index in [-0.39, 0.29) is 29.0 Å². The summed E-state index contributed by atoms with van der Waals surface area (Å²) in [6.45, 7) is 0.0980. The van der Waals surface area contributed by atoms with Gasteiger partial charge in [-0.2, -0.15) is 0 Å². The zero-order valence-corrected chi connectivity index (χ0v) is 14.7. The maximum atomic E-state index is 11.9. The normalized spacial score (nSPS) is 10.4. The fourth-order valence-electron chi connectivity index (χ4n) is 2.14. The van der Waals surface area contributed by atoms with Gasteiger partial charge in [-0.1, -0.05) is 41.9 Å². The molecule has 7 nitrogen and oxygen atoms in total. The van der Waals surface area contributed by atoms with Gasteiger partial charge in [0.15, 0.2) is 11.6 Å². The molecule has 0 aliphatic heterocycles. The maximum Gasteiger partial charge on any atom is 0.413 e. The minimum atomic E-state index is -0.773. The fourth-order valence-corrected chi connectivity index (χ4v) is 2.48. The minimum absolute atomic E-state index is 0.00521. The van der Waals surface area contributed by atoms with E-state index in [1.807, 2.05) is 30.3 Å². The molecule has 132 valence electrons. The summed E-state index contributed by atoms with van der Waals surface area (Å²) in [5.41, 5.74) is 0.843. The van der Waals surface area contributed by atoms with Crippen LogP contribution in [0.4, 0.5) is 10.6 Å². The van der Waals surface area contributed by atoms with Crippen LogP contribution >= 0.6 is 23.2 Å². The van der Waals surface area contributed by atoms with Crippen LogP contribution in [0.5, 0.6) is 0 Å². The molecular weight excluding hydrogens is 379 g/mol. The van der Waals surface area contributed by atoms with Crippen LogP contribution in [0.2, 0.25) is 5.02 Å². The van der Waals surface area contributed by atoms with Crippen LogP contribution in [0.25, 0.3) is 5.82 Å². The first-order valence-corrected chi connectivity index (χ1v) is 8.18. The minimum Gasteiger partial charge on any atom is -0.444 e. The lowest BCUT2D eigenvalue weighted by Gasteiger charge is -2.05. The average Bonchev–Trinajstić information content (AvgIpc) is 3.05. The van der Waals surface area contributed by atoms with Crippen LogP contribution in [-0.4, -0.2) is 26.1 Å². The second-order valence-corrected chi connectivity index (χ2v) is 5.85. The summed E-state index contributed by atoms with van der Waals surface area (Å²) >= 11 is 11.7. The highest BCUT2D eigenvalue weighted by Gasteiger charge is 2.19. The third kappa shape index (κ3) is 4.19. The molecule has 0 spiro atoms. The number of hydrogen-bond acceptors (Lipinski definition) is 5. The molecule has 0 saturated carbocycles. The Morgan fingerprint density at radius 1 is 1.15 bits per heavy atom. The summed E-state index contributed by atoms with van der Waals surface area (Å²) in [6.07, 6.45) is 0.770. The first kappa shape index (κ1) is 17.9. The van der Waals surface area contributed by atoms with Crippen molar-refractivity contribution in [3.05, 3.63) is 71.0 Å². The molecule has 2 aromatic heterocycles. The van der Waals surface area contributed by atoms with E-state index in [2.05, 4.69) is 15.4 Å². The quantitative estimate of drug-likeness (QED) is 0.664. The Morgan fingerprint density at radius 3 is 2.62 bits per heavy atom. The van der Waals surface area contributed by atoms with Gasteiger partial charge in [0.2, 0.25) is 0 Å². The van der Waals surface area contributed by atoms with Gasteiger partial charge in [-0.05, 0) is 29.3 Å². The molecule has 1 aromatic carbocycles. The first-order valence-electron chi connectivity index (χ1n) is 7.43. The Labute approximate surface area is 158 Å². The lowest BCUT2D eigenvalue weighted by molar-refractivity contribution is 0.107. The van der Waals surface area contributed by atoms with Gasteiger partial charge in [-0.15, -0.1) is 5.10 Å². The van der Waals surface area contributed by atoms with Gasteiger partial charge in [0.1, 0.15) is 12.3 Å². The lowest BCUT2D eigenvalue weighted by Crippen LogP contribution is -2.14. The van der Waals surface area contributed by atoms with E-state index < -0.39 is 11.3 Å². The second kappa shape index (κ2) is 7.99. The highest BCUT2D eigenvalue weighted by molar-refractivity contribution is 6.67. The largest absolute Gasteiger partial charge is 0.444 e. The summed E-state index contributed by atoms with van der Waals surface area (Å²) < 4.78 is 6.27. The molecule has 0 aliphatic rings. The van der Waals surface area contributed by atoms with Crippen LogP contribution in [0.3, 0.4) is 0 Å². The van der Waals surface area contributed by atoms with E-state index in [1.165, 1.54) is 12.3 Å². The van der Waals surface area contributed by atoms with Crippen LogP contribution in [0, 0.1) is 0 Å². The average molecular weight is 391 g/mol. The van der Waals surface area contributed by atoms with Gasteiger partial charge >= 0.3 is 6.09 Å². The zero-order chi connectivity index (χ0) is 18.5. The van der Waals surface area contributed by atoms with E-state index in [1.54, 1.807) is 12.1 Å². The predicted molar refractivity (Wildman–Crippen MR) is 96.8 cm³/mol. The van der Waals surface area contributed by atoms with Crippen LogP contribution in [-0.2, 0) is 11.3 Å². The van der Waals surface area contributed by atoms with Crippen LogP contribution in [0.15, 0.2) is 54.7 Å². The van der Waals surface area contributed by atoms with Gasteiger partial charge in [0.25, 0.3) is 5.24 Å². The van der Waals surface area contributed by atoms with Crippen molar-refractivity contribution in [2.45, 2.75) is 6.61 Å². The van der Waals surface area contributed by atoms with Crippen molar-refractivity contribution in [2.75, 3.05) is 5.32 Å². The van der Waals surface area contributed by atoms with Gasteiger partial charge in [0, 0.05) is 12.3 Å². The molecule has 0 unspecified atom stereocenters. The molecule has 0 saturated heterocycles. The maximum absolute atomic E-state index is 11.9. The Kier molecular flexibility index (Phi) is 5.50. The number of aromatic nitrogens is 3. The standard InChI is InChI=1S/C17H12Cl2N4O3/c18-12-7-4-8-20-16(12)23-13(15(19)24)9-14(22-23)21-17(25)26-10-11-5-2-1-3-6-11/h1-9H,10H2,(H,21,22,25). The van der Waals surface area contributed by atoms with Crippen molar-refractivity contribution in [3.63, 3.8) is 0 Å². The fraction of sp³-hybridized carbons (Fsp3) is 0.0588. The number of amides is 1. The summed E-state index contributed by atoms with van der Waals surface area (Å²) in [6, 6.07) is 13.7. The number of nitrogens with zero attached hydrogens (tertiary/aromatic N) is 3. The third-order valence-corrected chi connectivity index (χ3v) is 3.78. The Bertz CT molecular complexity index is 944. The zero-order valence-electron chi connectivity index (χ0n) is 13.2. The SMILES string of the molecule is O=C(Nc1cc(C(=O)Cl)n(-c2ncccc2Cl)n1)OCc1ccccc1. The van der Waals surface area contributed by atoms with Gasteiger partial charge in [-0.25, -0.2) is 14.5 Å². The number of ether oxygens (including phenoxy) is 1. The molecule has 0 bridgehead atoms. The number of halogens is 2. The molecule has 1 N–H and O–H groups in total. The number of pyridine rings is 1. The number of rotatable bonds is 5. The van der Waals surface area contributed by atoms with E-state index >= 15 is 0 Å². The number of carbonyl (C=O) groups is 2. The van der Waals surface area contributed by atoms with Crippen molar-refractivity contribution in [2.24, 2.45) is 0 Å². The first-order chi connectivity index (χ1) is 12.5. The van der Waals surface area contributed by atoms with Crippen LogP contribution in [0.1, 0.15) is 16.1 Å². The molecule has 0 aliphatic carbocycles. The molecule has 2 heterocycles. The molecule has 0 fully saturated rings. The number of hydrogen-bond donors (Lipinski definition) is 1. The third-order valence-electron chi connectivity index (χ3n) is 3.29. The monoisotopic (exact) mass is 390 g/mol. The van der Waals surface area contributed by atoms with E-state index in [9.17, 15) is 9.59 Å². The van der Waals surface area contributed by atoms with Crippen molar-refractivity contribution in [1.82, 2.24) is 14.8 Å². The Balaban J connectivity index is 1.76. The van der Waals surface area contributed by atoms with Crippen molar-refractivity contribution in [3.8, 4) is 5.82 Å². The van der Waals surface area contributed by atoms with E-state index in [4.69, 9.17) is 27.9 Å². The Morgan fingerprint density at radius 2 is 1.92 bits per heavy atom. The molecule has 3 aromatic rings. The molecule has 1 amide bonds.